The number of hydrogen-bond donors (Lipinski definition) is 1. The number of hydrogen-bond acceptors (Lipinski definition) is 3. The molecule has 0 aromatic heterocycles. The molecule has 2 unspecified atom stereocenters. The molecule has 118 valence electrons. The molecule has 0 aromatic rings. The summed E-state index contributed by atoms with van der Waals surface area (Å²) in [6.07, 6.45) is 3.83. The summed E-state index contributed by atoms with van der Waals surface area (Å²) < 4.78 is 11.4. The third-order valence-electron chi connectivity index (χ3n) is 4.96. The van der Waals surface area contributed by atoms with E-state index in [0.29, 0.717) is 24.6 Å². The Morgan fingerprint density at radius 2 is 1.67 bits per heavy atom. The lowest BCUT2D eigenvalue weighted by atomic mass is 9.88. The predicted octanol–water partition coefficient (Wildman–Crippen LogP) is 0.888. The first kappa shape index (κ1) is 14.8. The number of nitrogens with zero attached hydrogens (tertiary/aromatic N) is 2. The number of amides is 2. The second-order valence-corrected chi connectivity index (χ2v) is 8.04. The quantitative estimate of drug-likeness (QED) is 0.821. The molecule has 0 radical (unpaired) electrons. The van der Waals surface area contributed by atoms with Crippen molar-refractivity contribution in [1.82, 2.24) is 9.80 Å². The highest BCUT2D eigenvalue weighted by atomic mass is 32.2. The minimum atomic E-state index is -0.774. The zero-order chi connectivity index (χ0) is 15.0. The maximum absolute atomic E-state index is 12.7. The largest absolute Gasteiger partial charge is 0.481 e. The molecule has 3 fully saturated rings. The summed E-state index contributed by atoms with van der Waals surface area (Å²) in [5.74, 6) is 0.628. The van der Waals surface area contributed by atoms with E-state index in [1.165, 1.54) is 0 Å². The van der Waals surface area contributed by atoms with E-state index in [4.69, 9.17) is 5.11 Å². The number of piperidine rings is 1. The summed E-state index contributed by atoms with van der Waals surface area (Å²) in [7, 11) is -0.774. The van der Waals surface area contributed by atoms with Crippen LogP contribution in [0.2, 0.25) is 0 Å². The fraction of sp³-hybridized carbons (Fsp3) is 0.857. The molecule has 21 heavy (non-hydrogen) atoms. The van der Waals surface area contributed by atoms with Gasteiger partial charge in [0.1, 0.15) is 0 Å². The van der Waals surface area contributed by atoms with Crippen molar-refractivity contribution < 1.29 is 18.9 Å². The smallest absolute Gasteiger partial charge is 0.320 e. The van der Waals surface area contributed by atoms with Crippen molar-refractivity contribution >= 4 is 22.8 Å². The van der Waals surface area contributed by atoms with Crippen LogP contribution in [0.4, 0.5) is 4.79 Å². The molecule has 1 N–H and O–H groups in total. The Labute approximate surface area is 126 Å². The van der Waals surface area contributed by atoms with Gasteiger partial charge in [0, 0.05) is 53.9 Å². The minimum Gasteiger partial charge on any atom is -0.481 e. The molecule has 0 spiro atoms. The first-order valence-corrected chi connectivity index (χ1v) is 9.17. The van der Waals surface area contributed by atoms with Gasteiger partial charge in [-0.15, -0.1) is 0 Å². The van der Waals surface area contributed by atoms with E-state index in [9.17, 15) is 13.8 Å². The van der Waals surface area contributed by atoms with Crippen molar-refractivity contribution in [1.29, 1.82) is 0 Å². The van der Waals surface area contributed by atoms with Crippen molar-refractivity contribution in [2.45, 2.75) is 44.2 Å². The average Bonchev–Trinajstić information content (AvgIpc) is 2.70. The molecule has 2 bridgehead atoms. The van der Waals surface area contributed by atoms with Crippen LogP contribution in [0.15, 0.2) is 0 Å². The third kappa shape index (κ3) is 3.07. The van der Waals surface area contributed by atoms with Crippen LogP contribution in [0.3, 0.4) is 0 Å². The number of rotatable bonds is 2. The second-order valence-electron chi connectivity index (χ2n) is 6.35. The Kier molecular flexibility index (Phi) is 4.19. The van der Waals surface area contributed by atoms with E-state index < -0.39 is 16.8 Å². The third-order valence-corrected chi connectivity index (χ3v) is 6.24. The first-order chi connectivity index (χ1) is 10.0. The molecule has 6 nitrogen and oxygen atoms in total. The van der Waals surface area contributed by atoms with Gasteiger partial charge in [0.2, 0.25) is 0 Å². The van der Waals surface area contributed by atoms with Gasteiger partial charge >= 0.3 is 12.0 Å². The van der Waals surface area contributed by atoms with Gasteiger partial charge in [0.25, 0.3) is 0 Å². The summed E-state index contributed by atoms with van der Waals surface area (Å²) in [5, 5.41) is 8.94. The lowest BCUT2D eigenvalue weighted by molar-refractivity contribution is -0.138. The van der Waals surface area contributed by atoms with E-state index in [0.717, 1.165) is 25.7 Å². The number of aliphatic carboxylic acids is 1. The maximum Gasteiger partial charge on any atom is 0.320 e. The van der Waals surface area contributed by atoms with E-state index in [1.54, 1.807) is 0 Å². The molecule has 0 aliphatic carbocycles. The van der Waals surface area contributed by atoms with Crippen LogP contribution in [0.25, 0.3) is 0 Å². The van der Waals surface area contributed by atoms with E-state index in [-0.39, 0.29) is 30.5 Å². The topological polar surface area (TPSA) is 77.9 Å². The van der Waals surface area contributed by atoms with Crippen LogP contribution in [0.5, 0.6) is 0 Å². The van der Waals surface area contributed by atoms with Crippen LogP contribution in [-0.2, 0) is 15.6 Å². The van der Waals surface area contributed by atoms with Crippen LogP contribution in [0.1, 0.15) is 32.1 Å². The van der Waals surface area contributed by atoms with Crippen LogP contribution >= 0.6 is 0 Å². The van der Waals surface area contributed by atoms with Crippen molar-refractivity contribution in [3.8, 4) is 0 Å². The zero-order valence-electron chi connectivity index (χ0n) is 12.1. The van der Waals surface area contributed by atoms with E-state index in [1.807, 2.05) is 9.80 Å². The summed E-state index contributed by atoms with van der Waals surface area (Å²) in [6, 6.07) is 0.481. The Balaban J connectivity index is 1.63. The maximum atomic E-state index is 12.7. The van der Waals surface area contributed by atoms with E-state index >= 15 is 0 Å². The van der Waals surface area contributed by atoms with Gasteiger partial charge in [-0.3, -0.25) is 9.00 Å². The average molecular weight is 314 g/mol. The molecule has 0 aromatic carbocycles. The molecule has 7 heteroatoms. The standard InChI is InChI=1S/C14H22N2O4S/c17-13(18)9-10-7-11-1-2-12(8-10)16(11)14(19)15-3-5-21(20)6-4-15/h10-12H,1-9H2,(H,17,18). The number of fused-ring (bicyclic) bond motifs is 2. The number of carboxylic acids is 1. The van der Waals surface area contributed by atoms with Gasteiger partial charge in [0.15, 0.2) is 0 Å². The van der Waals surface area contributed by atoms with Gasteiger partial charge in [0.05, 0.1) is 0 Å². The highest BCUT2D eigenvalue weighted by Gasteiger charge is 2.45. The number of carbonyl (C=O) groups excluding carboxylic acids is 1. The molecule has 3 heterocycles. The zero-order valence-corrected chi connectivity index (χ0v) is 12.9. The summed E-state index contributed by atoms with van der Waals surface area (Å²) in [6.45, 7) is 1.17. The molecule has 3 rings (SSSR count). The van der Waals surface area contributed by atoms with Crippen LogP contribution in [-0.4, -0.2) is 67.8 Å². The SMILES string of the molecule is O=C(O)CC1CC2CCC(C1)N2C(=O)N1CCS(=O)CC1. The van der Waals surface area contributed by atoms with Crippen LogP contribution < -0.4 is 0 Å². The van der Waals surface area contributed by atoms with Gasteiger partial charge in [-0.25, -0.2) is 4.79 Å². The monoisotopic (exact) mass is 314 g/mol. The van der Waals surface area contributed by atoms with Gasteiger partial charge < -0.3 is 14.9 Å². The Morgan fingerprint density at radius 1 is 1.10 bits per heavy atom. The summed E-state index contributed by atoms with van der Waals surface area (Å²) >= 11 is 0. The molecule has 2 amide bonds. The first-order valence-electron chi connectivity index (χ1n) is 7.68. The Hall–Kier alpha value is -1.11. The Bertz CT molecular complexity index is 446. The highest BCUT2D eigenvalue weighted by molar-refractivity contribution is 7.85. The normalized spacial score (nSPS) is 33.2. The second kappa shape index (κ2) is 5.94. The Morgan fingerprint density at radius 3 is 2.19 bits per heavy atom. The van der Waals surface area contributed by atoms with Gasteiger partial charge in [-0.05, 0) is 31.6 Å². The lowest BCUT2D eigenvalue weighted by Gasteiger charge is -2.42. The molecule has 0 saturated carbocycles. The minimum absolute atomic E-state index is 0.0768. The van der Waals surface area contributed by atoms with Gasteiger partial charge in [-0.2, -0.15) is 0 Å². The summed E-state index contributed by atoms with van der Waals surface area (Å²) in [5.41, 5.74) is 0. The van der Waals surface area contributed by atoms with E-state index in [2.05, 4.69) is 0 Å². The fourth-order valence-electron chi connectivity index (χ4n) is 4.01. The van der Waals surface area contributed by atoms with Crippen molar-refractivity contribution in [2.24, 2.45) is 5.92 Å². The highest BCUT2D eigenvalue weighted by Crippen LogP contribution is 2.40. The predicted molar refractivity (Wildman–Crippen MR) is 78.5 cm³/mol. The van der Waals surface area contributed by atoms with Gasteiger partial charge in [-0.1, -0.05) is 0 Å². The van der Waals surface area contributed by atoms with Crippen molar-refractivity contribution in [3.63, 3.8) is 0 Å². The lowest BCUT2D eigenvalue weighted by Crippen LogP contribution is -2.54. The molecular weight excluding hydrogens is 292 g/mol. The summed E-state index contributed by atoms with van der Waals surface area (Å²) in [4.78, 5) is 27.4. The van der Waals surface area contributed by atoms with Crippen molar-refractivity contribution in [2.75, 3.05) is 24.6 Å². The molecule has 3 saturated heterocycles. The number of urea groups is 1. The fourth-order valence-corrected chi connectivity index (χ4v) is 5.06. The number of carbonyl (C=O) groups is 2. The molecule has 2 atom stereocenters. The van der Waals surface area contributed by atoms with Crippen LogP contribution in [0, 0.1) is 5.92 Å². The molecule has 3 aliphatic heterocycles. The number of carboxylic acid groups (broad SMARTS) is 1. The van der Waals surface area contributed by atoms with Crippen molar-refractivity contribution in [3.05, 3.63) is 0 Å². The molecular formula is C14H22N2O4S. The molecule has 3 aliphatic rings.